The summed E-state index contributed by atoms with van der Waals surface area (Å²) in [6.45, 7) is 7.29. The van der Waals surface area contributed by atoms with Gasteiger partial charge in [0.05, 0.1) is 6.54 Å². The first-order chi connectivity index (χ1) is 7.86. The molecule has 1 aromatic rings. The summed E-state index contributed by atoms with van der Waals surface area (Å²) in [5, 5.41) is 0. The predicted octanol–water partition coefficient (Wildman–Crippen LogP) is 3.05. The van der Waals surface area contributed by atoms with Crippen LogP contribution in [0.5, 0.6) is 0 Å². The summed E-state index contributed by atoms with van der Waals surface area (Å²) in [5.41, 5.74) is 1.19. The van der Waals surface area contributed by atoms with Gasteiger partial charge in [-0.1, -0.05) is 56.0 Å². The van der Waals surface area contributed by atoms with Gasteiger partial charge >= 0.3 is 0 Å². The monoisotopic (exact) mass is 213 g/mol. The van der Waals surface area contributed by atoms with Crippen molar-refractivity contribution in [1.29, 1.82) is 0 Å². The van der Waals surface area contributed by atoms with Crippen molar-refractivity contribution in [2.75, 3.05) is 19.6 Å². The largest absolute Gasteiger partial charge is 0.293 e. The highest BCUT2D eigenvalue weighted by atomic mass is 15.1. The van der Waals surface area contributed by atoms with Gasteiger partial charge in [0.25, 0.3) is 0 Å². The van der Waals surface area contributed by atoms with Crippen LogP contribution in [0.2, 0.25) is 0 Å². The lowest BCUT2D eigenvalue weighted by Gasteiger charge is -2.12. The summed E-state index contributed by atoms with van der Waals surface area (Å²) >= 11 is 0. The van der Waals surface area contributed by atoms with Gasteiger partial charge in [0.2, 0.25) is 0 Å². The Kier molecular flexibility index (Phi) is 6.06. The van der Waals surface area contributed by atoms with Crippen molar-refractivity contribution < 1.29 is 0 Å². The van der Waals surface area contributed by atoms with E-state index in [1.54, 1.807) is 0 Å². The number of benzene rings is 1. The fourth-order valence-electron chi connectivity index (χ4n) is 1.37. The maximum absolute atomic E-state index is 3.15. The minimum Gasteiger partial charge on any atom is -0.293 e. The minimum atomic E-state index is 0.853. The van der Waals surface area contributed by atoms with Crippen molar-refractivity contribution >= 4 is 6.08 Å². The second-order valence-electron chi connectivity index (χ2n) is 3.53. The van der Waals surface area contributed by atoms with Gasteiger partial charge in [-0.15, -0.1) is 0 Å². The molecule has 0 aromatic heterocycles. The SMILES string of the molecule is CCN(CC)CC#C/C=C\c1ccccc1. The van der Waals surface area contributed by atoms with Crippen molar-refractivity contribution in [2.24, 2.45) is 0 Å². The fraction of sp³-hybridized carbons (Fsp3) is 0.333. The Morgan fingerprint density at radius 1 is 1.12 bits per heavy atom. The van der Waals surface area contributed by atoms with Crippen molar-refractivity contribution in [2.45, 2.75) is 13.8 Å². The predicted molar refractivity (Wildman–Crippen MR) is 71.0 cm³/mol. The van der Waals surface area contributed by atoms with E-state index >= 15 is 0 Å². The molecule has 0 bridgehead atoms. The number of hydrogen-bond donors (Lipinski definition) is 0. The zero-order valence-corrected chi connectivity index (χ0v) is 10.1. The molecule has 0 aliphatic heterocycles. The Morgan fingerprint density at radius 2 is 1.81 bits per heavy atom. The van der Waals surface area contributed by atoms with Gasteiger partial charge in [-0.3, -0.25) is 4.90 Å². The van der Waals surface area contributed by atoms with Crippen LogP contribution in [-0.4, -0.2) is 24.5 Å². The van der Waals surface area contributed by atoms with Gasteiger partial charge in [0, 0.05) is 0 Å². The number of rotatable bonds is 4. The molecular formula is C15H19N. The van der Waals surface area contributed by atoms with Crippen molar-refractivity contribution in [3.63, 3.8) is 0 Å². The van der Waals surface area contributed by atoms with E-state index in [2.05, 4.69) is 42.7 Å². The molecule has 0 spiro atoms. The minimum absolute atomic E-state index is 0.853. The fourth-order valence-corrected chi connectivity index (χ4v) is 1.37. The first kappa shape index (κ1) is 12.5. The molecule has 1 aromatic carbocycles. The van der Waals surface area contributed by atoms with Crippen molar-refractivity contribution in [1.82, 2.24) is 4.90 Å². The molecule has 0 amide bonds. The smallest absolute Gasteiger partial charge is 0.0604 e. The summed E-state index contributed by atoms with van der Waals surface area (Å²) in [7, 11) is 0. The molecule has 0 aliphatic carbocycles. The first-order valence-corrected chi connectivity index (χ1v) is 5.79. The van der Waals surface area contributed by atoms with Crippen LogP contribution >= 0.6 is 0 Å². The standard InChI is InChI=1S/C15H19N/c1-3-16(4-2)14-10-6-9-13-15-11-7-5-8-12-15/h5,7-9,11-13H,3-4,14H2,1-2H3/b13-9-. The van der Waals surface area contributed by atoms with Crippen LogP contribution in [0.15, 0.2) is 36.4 Å². The summed E-state index contributed by atoms with van der Waals surface area (Å²) in [4.78, 5) is 2.29. The third-order valence-electron chi connectivity index (χ3n) is 2.46. The quantitative estimate of drug-likeness (QED) is 0.695. The first-order valence-electron chi connectivity index (χ1n) is 5.79. The molecule has 0 heterocycles. The maximum Gasteiger partial charge on any atom is 0.0604 e. The number of nitrogens with zero attached hydrogens (tertiary/aromatic N) is 1. The van der Waals surface area contributed by atoms with Crippen LogP contribution in [0.1, 0.15) is 19.4 Å². The Morgan fingerprint density at radius 3 is 2.44 bits per heavy atom. The summed E-state index contributed by atoms with van der Waals surface area (Å²) in [5.74, 6) is 6.21. The highest BCUT2D eigenvalue weighted by Gasteiger charge is 1.92. The van der Waals surface area contributed by atoms with E-state index in [9.17, 15) is 0 Å². The van der Waals surface area contributed by atoms with Crippen LogP contribution in [0.4, 0.5) is 0 Å². The van der Waals surface area contributed by atoms with Gasteiger partial charge in [0.1, 0.15) is 0 Å². The molecule has 16 heavy (non-hydrogen) atoms. The van der Waals surface area contributed by atoms with E-state index < -0.39 is 0 Å². The molecule has 0 radical (unpaired) electrons. The molecule has 0 saturated heterocycles. The number of allylic oxidation sites excluding steroid dienone is 1. The van der Waals surface area contributed by atoms with Crippen molar-refractivity contribution in [3.05, 3.63) is 42.0 Å². The van der Waals surface area contributed by atoms with Gasteiger partial charge in [-0.05, 0) is 30.8 Å². The molecule has 0 atom stereocenters. The molecule has 0 aliphatic rings. The Labute approximate surface area is 98.8 Å². The lowest BCUT2D eigenvalue weighted by Crippen LogP contribution is -2.22. The molecule has 1 heteroatoms. The van der Waals surface area contributed by atoms with Gasteiger partial charge in [0.15, 0.2) is 0 Å². The number of hydrogen-bond acceptors (Lipinski definition) is 1. The Bertz CT molecular complexity index is 363. The third-order valence-corrected chi connectivity index (χ3v) is 2.46. The van der Waals surface area contributed by atoms with Gasteiger partial charge in [-0.25, -0.2) is 0 Å². The molecule has 84 valence electrons. The third kappa shape index (κ3) is 4.82. The van der Waals surface area contributed by atoms with Crippen LogP contribution in [0.3, 0.4) is 0 Å². The average molecular weight is 213 g/mol. The molecule has 1 nitrogen and oxygen atoms in total. The van der Waals surface area contributed by atoms with Gasteiger partial charge < -0.3 is 0 Å². The topological polar surface area (TPSA) is 3.24 Å². The second-order valence-corrected chi connectivity index (χ2v) is 3.53. The van der Waals surface area contributed by atoms with E-state index in [1.165, 1.54) is 5.56 Å². The average Bonchev–Trinajstić information content (AvgIpc) is 2.35. The van der Waals surface area contributed by atoms with Crippen LogP contribution in [0, 0.1) is 11.8 Å². The molecule has 0 N–H and O–H groups in total. The molecule has 1 rings (SSSR count). The second kappa shape index (κ2) is 7.73. The maximum atomic E-state index is 3.15. The summed E-state index contributed by atoms with van der Waals surface area (Å²) in [6.07, 6.45) is 3.95. The van der Waals surface area contributed by atoms with Crippen molar-refractivity contribution in [3.8, 4) is 11.8 Å². The zero-order valence-electron chi connectivity index (χ0n) is 10.1. The molecule has 0 fully saturated rings. The van der Waals surface area contributed by atoms with Crippen LogP contribution < -0.4 is 0 Å². The van der Waals surface area contributed by atoms with E-state index in [-0.39, 0.29) is 0 Å². The summed E-state index contributed by atoms with van der Waals surface area (Å²) < 4.78 is 0. The van der Waals surface area contributed by atoms with E-state index in [0.717, 1.165) is 19.6 Å². The highest BCUT2D eigenvalue weighted by Crippen LogP contribution is 1.99. The highest BCUT2D eigenvalue weighted by molar-refractivity contribution is 5.52. The normalized spacial score (nSPS) is 10.4. The molecular weight excluding hydrogens is 194 g/mol. The summed E-state index contributed by atoms with van der Waals surface area (Å²) in [6, 6.07) is 10.2. The van der Waals surface area contributed by atoms with E-state index in [1.807, 2.05) is 30.4 Å². The zero-order chi connectivity index (χ0) is 11.6. The Hall–Kier alpha value is -1.52. The lowest BCUT2D eigenvalue weighted by molar-refractivity contribution is 0.342. The van der Waals surface area contributed by atoms with E-state index in [0.29, 0.717) is 0 Å². The van der Waals surface area contributed by atoms with Gasteiger partial charge in [-0.2, -0.15) is 0 Å². The Balaban J connectivity index is 2.40. The van der Waals surface area contributed by atoms with E-state index in [4.69, 9.17) is 0 Å². The molecule has 0 saturated carbocycles. The van der Waals surface area contributed by atoms with Crippen LogP contribution in [0.25, 0.3) is 6.08 Å². The van der Waals surface area contributed by atoms with Crippen LogP contribution in [-0.2, 0) is 0 Å². The lowest BCUT2D eigenvalue weighted by atomic mass is 10.2. The molecule has 0 unspecified atom stereocenters.